The van der Waals surface area contributed by atoms with Crippen molar-refractivity contribution in [3.8, 4) is 0 Å². The molecule has 0 aromatic heterocycles. The average molecular weight is 119 g/mol. The fourth-order valence-electron chi connectivity index (χ4n) is 0.0781. The number of carboxylic acids is 1. The van der Waals surface area contributed by atoms with E-state index in [4.69, 9.17) is 15.0 Å². The van der Waals surface area contributed by atoms with Gasteiger partial charge in [0, 0.05) is 0 Å². The Bertz CT molecular complexity index is 75.3. The number of hydrogen-bond donors (Lipinski definition) is 3. The van der Waals surface area contributed by atoms with Gasteiger partial charge in [0.05, 0.1) is 4.90 Å². The molecule has 0 aromatic rings. The fourth-order valence-corrected chi connectivity index (χ4v) is 0.234. The highest BCUT2D eigenvalue weighted by Gasteiger charge is 2.11. The summed E-state index contributed by atoms with van der Waals surface area (Å²) in [7, 11) is 0. The predicted molar refractivity (Wildman–Crippen MR) is 25.0 cm³/mol. The van der Waals surface area contributed by atoms with Gasteiger partial charge in [0.15, 0.2) is 0 Å². The van der Waals surface area contributed by atoms with Gasteiger partial charge < -0.3 is 15.0 Å². The summed E-state index contributed by atoms with van der Waals surface area (Å²) in [5.41, 5.74) is 4.83. The van der Waals surface area contributed by atoms with Crippen LogP contribution in [-0.2, 0) is 4.79 Å². The molecule has 0 bridgehead atoms. The van der Waals surface area contributed by atoms with Crippen molar-refractivity contribution in [2.45, 2.75) is 4.90 Å². The molecule has 40 valence electrons. The molecule has 4 N–H and O–H groups in total. The maximum atomic E-state index is 9.68. The third-order valence-electron chi connectivity index (χ3n) is 0.514. The molecule has 0 aliphatic carbocycles. The van der Waals surface area contributed by atoms with Gasteiger partial charge in [-0.25, -0.2) is 0 Å². The molecule has 0 fully saturated rings. The first-order valence-electron chi connectivity index (χ1n) is 1.77. The lowest BCUT2D eigenvalue weighted by Crippen LogP contribution is -2.35. The van der Waals surface area contributed by atoms with Crippen LogP contribution in [0.15, 0.2) is 0 Å². The molecule has 0 heterocycles. The zero-order valence-electron chi connectivity index (χ0n) is 3.66. The summed E-state index contributed by atoms with van der Waals surface area (Å²) in [5.74, 6) is -1.12. The molecule has 0 spiro atoms. The Kier molecular flexibility index (Phi) is 2.96. The summed E-state index contributed by atoms with van der Waals surface area (Å²) < 4.78 is 8.14. The summed E-state index contributed by atoms with van der Waals surface area (Å²) in [6.45, 7) is 0. The Labute approximate surface area is 47.0 Å². The molecule has 0 saturated heterocycles. The Morgan fingerprint density at radius 1 is 1.86 bits per heavy atom. The molecule has 1 atom stereocenters. The van der Waals surface area contributed by atoms with Gasteiger partial charge in [0.25, 0.3) is 0 Å². The van der Waals surface area contributed by atoms with Crippen LogP contribution in [0.1, 0.15) is 0 Å². The molecular formula is C2H6AlNO3. The predicted octanol–water partition coefficient (Wildman–Crippen LogP) is -2.30. The zero-order valence-corrected chi connectivity index (χ0v) is 5.08. The molecule has 1 unspecified atom stereocenters. The lowest BCUT2D eigenvalue weighted by molar-refractivity contribution is -0.136. The number of aliphatic carboxylic acids is 1. The molecule has 0 amide bonds. The van der Waals surface area contributed by atoms with Crippen LogP contribution in [0.2, 0.25) is 0 Å². The number of hydrogen-bond acceptors (Lipinski definition) is 3. The maximum absolute atomic E-state index is 9.68. The monoisotopic (exact) mass is 119 g/mol. The summed E-state index contributed by atoms with van der Waals surface area (Å²) in [6, 6.07) is 0. The van der Waals surface area contributed by atoms with E-state index in [2.05, 4.69) is 0 Å². The lowest BCUT2D eigenvalue weighted by Gasteiger charge is -1.93. The average Bonchev–Trinajstić information content (AvgIpc) is 1.65. The fraction of sp³-hybridized carbons (Fsp3) is 0.500. The highest BCUT2D eigenvalue weighted by Crippen LogP contribution is 1.67. The minimum atomic E-state index is -1.53. The van der Waals surface area contributed by atoms with Crippen LogP contribution in [0.4, 0.5) is 0 Å². The van der Waals surface area contributed by atoms with E-state index in [0.29, 0.717) is 0 Å². The first-order valence-corrected chi connectivity index (χ1v) is 3.22. The third kappa shape index (κ3) is 2.60. The molecule has 0 radical (unpaired) electrons. The van der Waals surface area contributed by atoms with Gasteiger partial charge in [0.2, 0.25) is 0 Å². The van der Waals surface area contributed by atoms with Crippen molar-refractivity contribution in [1.82, 2.24) is 0 Å². The van der Waals surface area contributed by atoms with E-state index < -0.39 is 26.4 Å². The van der Waals surface area contributed by atoms with Gasteiger partial charge in [-0.2, -0.15) is 0 Å². The van der Waals surface area contributed by atoms with Gasteiger partial charge in [-0.3, -0.25) is 4.79 Å². The molecule has 0 aromatic carbocycles. The minimum absolute atomic E-state index is 0.986. The number of carboxylic acid groups (broad SMARTS) is 1. The van der Waals surface area contributed by atoms with Crippen molar-refractivity contribution < 1.29 is 14.1 Å². The van der Waals surface area contributed by atoms with E-state index in [0.717, 1.165) is 0 Å². The van der Waals surface area contributed by atoms with Gasteiger partial charge in [-0.1, -0.05) is 0 Å². The van der Waals surface area contributed by atoms with Crippen molar-refractivity contribution >= 4 is 21.5 Å². The summed E-state index contributed by atoms with van der Waals surface area (Å²) >= 11 is -1.53. The smallest absolute Gasteiger partial charge is 0.465 e. The van der Waals surface area contributed by atoms with E-state index in [9.17, 15) is 4.79 Å². The Hall–Kier alpha value is -0.0775. The van der Waals surface area contributed by atoms with Crippen molar-refractivity contribution in [3.63, 3.8) is 0 Å². The molecule has 5 heteroatoms. The standard InChI is InChI=1S/C2H4NO2.Al.H2O.H/c3-1-2(4)5;;;/h1H,3H2,(H,4,5);;1H2;/q;+1;;/p-1. The first-order chi connectivity index (χ1) is 3.18. The van der Waals surface area contributed by atoms with Crippen LogP contribution in [-0.4, -0.2) is 35.7 Å². The highest BCUT2D eigenvalue weighted by molar-refractivity contribution is 6.35. The summed E-state index contributed by atoms with van der Waals surface area (Å²) in [6.07, 6.45) is 0. The Morgan fingerprint density at radius 3 is 2.29 bits per heavy atom. The molecular weight excluding hydrogens is 113 g/mol. The maximum Gasteiger partial charge on any atom is 0.465 e. The molecule has 0 saturated carbocycles. The second-order valence-corrected chi connectivity index (χ2v) is 2.37. The van der Waals surface area contributed by atoms with Crippen molar-refractivity contribution in [3.05, 3.63) is 0 Å². The van der Waals surface area contributed by atoms with E-state index >= 15 is 0 Å². The molecule has 0 rings (SSSR count). The van der Waals surface area contributed by atoms with Crippen molar-refractivity contribution in [2.75, 3.05) is 0 Å². The third-order valence-corrected chi connectivity index (χ3v) is 1.26. The van der Waals surface area contributed by atoms with Crippen LogP contribution >= 0.6 is 0 Å². The van der Waals surface area contributed by atoms with Crippen LogP contribution in [0, 0.1) is 0 Å². The SMILES string of the molecule is N[CH]([AlH][OH])C(=O)O. The highest BCUT2D eigenvalue weighted by atomic mass is 27.1. The number of nitrogens with two attached hydrogens (primary N) is 1. The minimum Gasteiger partial charge on any atom is -0.517 e. The second-order valence-electron chi connectivity index (χ2n) is 1.13. The van der Waals surface area contributed by atoms with Gasteiger partial charge in [-0.05, 0) is 0 Å². The molecule has 0 aliphatic heterocycles. The van der Waals surface area contributed by atoms with Crippen molar-refractivity contribution in [2.24, 2.45) is 5.73 Å². The van der Waals surface area contributed by atoms with E-state index in [-0.39, 0.29) is 0 Å². The first kappa shape index (κ1) is 6.92. The quantitative estimate of drug-likeness (QED) is 0.357. The van der Waals surface area contributed by atoms with Crippen LogP contribution in [0.25, 0.3) is 0 Å². The van der Waals surface area contributed by atoms with Gasteiger partial charge in [0.1, 0.15) is 0 Å². The van der Waals surface area contributed by atoms with E-state index in [1.807, 2.05) is 0 Å². The topological polar surface area (TPSA) is 83.5 Å². The number of carbonyl (C=O) groups is 1. The Morgan fingerprint density at radius 2 is 2.29 bits per heavy atom. The summed E-state index contributed by atoms with van der Waals surface area (Å²) in [4.78, 5) is 8.69. The molecule has 4 nitrogen and oxygen atoms in total. The second kappa shape index (κ2) is 2.99. The van der Waals surface area contributed by atoms with Crippen LogP contribution < -0.4 is 5.73 Å². The largest absolute Gasteiger partial charge is 0.517 e. The van der Waals surface area contributed by atoms with E-state index in [1.165, 1.54) is 0 Å². The number of rotatable bonds is 2. The normalized spacial score (nSPS) is 12.9. The zero-order chi connectivity index (χ0) is 5.86. The van der Waals surface area contributed by atoms with Crippen LogP contribution in [0.3, 0.4) is 0 Å². The van der Waals surface area contributed by atoms with Crippen molar-refractivity contribution in [1.29, 1.82) is 0 Å². The van der Waals surface area contributed by atoms with Gasteiger partial charge in [-0.15, -0.1) is 0 Å². The van der Waals surface area contributed by atoms with Crippen LogP contribution in [0.5, 0.6) is 0 Å². The molecule has 7 heavy (non-hydrogen) atoms. The molecule has 0 aliphatic rings. The lowest BCUT2D eigenvalue weighted by atomic mass is 10.7. The van der Waals surface area contributed by atoms with E-state index in [1.54, 1.807) is 0 Å². The summed E-state index contributed by atoms with van der Waals surface area (Å²) in [5, 5.41) is 7.93. The van der Waals surface area contributed by atoms with Gasteiger partial charge >= 0.3 is 21.5 Å². The Balaban J connectivity index is 3.34.